The molecule has 5 nitrogen and oxygen atoms in total. The number of fused-ring (bicyclic) bond motifs is 1. The van der Waals surface area contributed by atoms with Gasteiger partial charge >= 0.3 is 5.97 Å². The molecule has 6 heteroatoms. The molecular formula is C11H10FNO4. The van der Waals surface area contributed by atoms with Gasteiger partial charge in [-0.1, -0.05) is 6.92 Å². The number of carbonyl (C=O) groups excluding carboxylic acids is 1. The van der Waals surface area contributed by atoms with Crippen molar-refractivity contribution in [1.82, 2.24) is 0 Å². The monoisotopic (exact) mass is 239 g/mol. The minimum Gasteiger partial charge on any atom is -0.478 e. The van der Waals surface area contributed by atoms with E-state index in [4.69, 9.17) is 9.84 Å². The molecule has 0 fully saturated rings. The van der Waals surface area contributed by atoms with Gasteiger partial charge in [0.15, 0.2) is 17.7 Å². The van der Waals surface area contributed by atoms with Gasteiger partial charge < -0.3 is 15.2 Å². The van der Waals surface area contributed by atoms with Crippen LogP contribution in [0.2, 0.25) is 0 Å². The number of halogens is 1. The highest BCUT2D eigenvalue weighted by atomic mass is 19.1. The maximum absolute atomic E-state index is 13.6. The fraction of sp³-hybridized carbons (Fsp3) is 0.273. The van der Waals surface area contributed by atoms with Crippen molar-refractivity contribution < 1.29 is 23.8 Å². The number of hydrogen-bond donors (Lipinski definition) is 2. The van der Waals surface area contributed by atoms with Crippen molar-refractivity contribution in [2.75, 3.05) is 5.32 Å². The van der Waals surface area contributed by atoms with Gasteiger partial charge in [-0.3, -0.25) is 4.79 Å². The highest BCUT2D eigenvalue weighted by Gasteiger charge is 2.29. The number of nitrogens with one attached hydrogen (secondary N) is 1. The van der Waals surface area contributed by atoms with Crippen LogP contribution < -0.4 is 10.1 Å². The molecule has 1 aromatic carbocycles. The van der Waals surface area contributed by atoms with Crippen LogP contribution in [0.25, 0.3) is 0 Å². The van der Waals surface area contributed by atoms with Gasteiger partial charge in [-0.25, -0.2) is 9.18 Å². The Hall–Kier alpha value is -2.11. The Morgan fingerprint density at radius 3 is 2.88 bits per heavy atom. The summed E-state index contributed by atoms with van der Waals surface area (Å²) in [6.07, 6.45) is -0.335. The first kappa shape index (κ1) is 11.4. The molecule has 0 bridgehead atoms. The van der Waals surface area contributed by atoms with Crippen molar-refractivity contribution in [1.29, 1.82) is 0 Å². The molecule has 0 radical (unpaired) electrons. The average molecular weight is 239 g/mol. The lowest BCUT2D eigenvalue weighted by Crippen LogP contribution is -2.36. The number of hydrogen-bond acceptors (Lipinski definition) is 3. The van der Waals surface area contributed by atoms with Gasteiger partial charge in [-0.2, -0.15) is 0 Å². The highest BCUT2D eigenvalue weighted by Crippen LogP contribution is 2.34. The number of carboxylic acid groups (broad SMARTS) is 1. The van der Waals surface area contributed by atoms with Crippen molar-refractivity contribution in [2.24, 2.45) is 0 Å². The molecule has 2 rings (SSSR count). The standard InChI is InChI=1S/C11H10FNO4/c1-2-8-10(14)13-7-4-5(11(15)16)3-6(12)9(7)17-8/h3-4,8H,2H2,1H3,(H,13,14)(H,15,16). The molecule has 1 heterocycles. The van der Waals surface area contributed by atoms with Gasteiger partial charge in [-0.15, -0.1) is 0 Å². The minimum absolute atomic E-state index is 0.0529. The predicted molar refractivity (Wildman–Crippen MR) is 56.7 cm³/mol. The van der Waals surface area contributed by atoms with Crippen molar-refractivity contribution in [2.45, 2.75) is 19.4 Å². The van der Waals surface area contributed by atoms with Crippen LogP contribution in [0.1, 0.15) is 23.7 Å². The number of carbonyl (C=O) groups is 2. The Bertz CT molecular complexity index is 500. The summed E-state index contributed by atoms with van der Waals surface area (Å²) >= 11 is 0. The van der Waals surface area contributed by atoms with Crippen LogP contribution in [-0.4, -0.2) is 23.1 Å². The molecule has 1 atom stereocenters. The molecule has 0 aliphatic carbocycles. The summed E-state index contributed by atoms with van der Waals surface area (Å²) in [5, 5.41) is 11.2. The van der Waals surface area contributed by atoms with Crippen LogP contribution in [0, 0.1) is 5.82 Å². The molecule has 0 spiro atoms. The first-order valence-corrected chi connectivity index (χ1v) is 5.07. The quantitative estimate of drug-likeness (QED) is 0.822. The Balaban J connectivity index is 2.47. The number of amides is 1. The molecule has 1 unspecified atom stereocenters. The Labute approximate surface area is 96.2 Å². The summed E-state index contributed by atoms with van der Waals surface area (Å²) < 4.78 is 18.8. The van der Waals surface area contributed by atoms with E-state index in [1.54, 1.807) is 6.92 Å². The van der Waals surface area contributed by atoms with Crippen molar-refractivity contribution in [3.63, 3.8) is 0 Å². The van der Waals surface area contributed by atoms with Crippen LogP contribution >= 0.6 is 0 Å². The van der Waals surface area contributed by atoms with E-state index in [0.29, 0.717) is 6.42 Å². The SMILES string of the molecule is CCC1Oc2c(F)cc(C(=O)O)cc2NC1=O. The number of benzene rings is 1. The lowest BCUT2D eigenvalue weighted by Gasteiger charge is -2.25. The first-order chi connectivity index (χ1) is 8.02. The third-order valence-corrected chi connectivity index (χ3v) is 2.47. The zero-order valence-corrected chi connectivity index (χ0v) is 8.99. The maximum atomic E-state index is 13.6. The lowest BCUT2D eigenvalue weighted by atomic mass is 10.1. The average Bonchev–Trinajstić information content (AvgIpc) is 2.27. The second kappa shape index (κ2) is 4.04. The van der Waals surface area contributed by atoms with E-state index < -0.39 is 23.8 Å². The van der Waals surface area contributed by atoms with Gasteiger partial charge in [0.2, 0.25) is 0 Å². The van der Waals surface area contributed by atoms with E-state index >= 15 is 0 Å². The van der Waals surface area contributed by atoms with Crippen LogP contribution in [0.5, 0.6) is 5.75 Å². The third-order valence-electron chi connectivity index (χ3n) is 2.47. The second-order valence-corrected chi connectivity index (χ2v) is 3.64. The number of rotatable bonds is 2. The fourth-order valence-corrected chi connectivity index (χ4v) is 1.61. The summed E-state index contributed by atoms with van der Waals surface area (Å²) in [5.74, 6) is -2.57. The minimum atomic E-state index is -1.27. The summed E-state index contributed by atoms with van der Waals surface area (Å²) in [5.41, 5.74) is -0.183. The zero-order chi connectivity index (χ0) is 12.6. The van der Waals surface area contributed by atoms with E-state index in [0.717, 1.165) is 6.07 Å². The van der Waals surface area contributed by atoms with Gasteiger partial charge in [-0.05, 0) is 18.6 Å². The molecule has 0 saturated heterocycles. The first-order valence-electron chi connectivity index (χ1n) is 5.07. The second-order valence-electron chi connectivity index (χ2n) is 3.64. The van der Waals surface area contributed by atoms with E-state index in [9.17, 15) is 14.0 Å². The Kier molecular flexibility index (Phi) is 2.71. The van der Waals surface area contributed by atoms with Crippen LogP contribution in [0.3, 0.4) is 0 Å². The van der Waals surface area contributed by atoms with Gasteiger partial charge in [0.1, 0.15) is 0 Å². The summed E-state index contributed by atoms with van der Waals surface area (Å²) in [7, 11) is 0. The van der Waals surface area contributed by atoms with E-state index in [2.05, 4.69) is 5.32 Å². The molecule has 90 valence electrons. The third kappa shape index (κ3) is 1.93. The number of ether oxygens (including phenoxy) is 1. The molecule has 1 amide bonds. The molecule has 0 aromatic heterocycles. The van der Waals surface area contributed by atoms with E-state index in [-0.39, 0.29) is 17.0 Å². The number of aromatic carboxylic acids is 1. The van der Waals surface area contributed by atoms with Gasteiger partial charge in [0.25, 0.3) is 5.91 Å². The Morgan fingerprint density at radius 2 is 2.29 bits per heavy atom. The van der Waals surface area contributed by atoms with Gasteiger partial charge in [0.05, 0.1) is 11.3 Å². The molecule has 1 aliphatic rings. The predicted octanol–water partition coefficient (Wildman–Crippen LogP) is 1.63. The largest absolute Gasteiger partial charge is 0.478 e. The van der Waals surface area contributed by atoms with Gasteiger partial charge in [0, 0.05) is 0 Å². The van der Waals surface area contributed by atoms with Crippen molar-refractivity contribution in [3.8, 4) is 5.75 Å². The fourth-order valence-electron chi connectivity index (χ4n) is 1.61. The molecule has 17 heavy (non-hydrogen) atoms. The maximum Gasteiger partial charge on any atom is 0.335 e. The van der Waals surface area contributed by atoms with Crippen molar-refractivity contribution >= 4 is 17.6 Å². The number of anilines is 1. The summed E-state index contributed by atoms with van der Waals surface area (Å²) in [6.45, 7) is 1.73. The van der Waals surface area contributed by atoms with E-state index in [1.165, 1.54) is 6.07 Å². The zero-order valence-electron chi connectivity index (χ0n) is 8.99. The summed E-state index contributed by atoms with van der Waals surface area (Å²) in [4.78, 5) is 22.2. The van der Waals surface area contributed by atoms with Crippen molar-refractivity contribution in [3.05, 3.63) is 23.5 Å². The normalized spacial score (nSPS) is 18.0. The van der Waals surface area contributed by atoms with Crippen LogP contribution in [0.15, 0.2) is 12.1 Å². The number of carboxylic acids is 1. The summed E-state index contributed by atoms with van der Waals surface area (Å²) in [6, 6.07) is 2.04. The van der Waals surface area contributed by atoms with E-state index in [1.807, 2.05) is 0 Å². The van der Waals surface area contributed by atoms with Crippen LogP contribution in [-0.2, 0) is 4.79 Å². The molecule has 1 aliphatic heterocycles. The topological polar surface area (TPSA) is 75.6 Å². The van der Waals surface area contributed by atoms with Crippen LogP contribution in [0.4, 0.5) is 10.1 Å². The smallest absolute Gasteiger partial charge is 0.335 e. The highest BCUT2D eigenvalue weighted by molar-refractivity contribution is 5.99. The molecule has 1 aromatic rings. The lowest BCUT2D eigenvalue weighted by molar-refractivity contribution is -0.123. The Morgan fingerprint density at radius 1 is 1.59 bits per heavy atom. The molecule has 0 saturated carbocycles. The molecular weight excluding hydrogens is 229 g/mol. The molecule has 2 N–H and O–H groups in total.